The third-order valence-corrected chi connectivity index (χ3v) is 6.33. The molecule has 0 aromatic heterocycles. The minimum absolute atomic E-state index is 0. The van der Waals surface area contributed by atoms with E-state index in [0.717, 1.165) is 34.7 Å². The van der Waals surface area contributed by atoms with Crippen LogP contribution in [0.5, 0.6) is 0 Å². The summed E-state index contributed by atoms with van der Waals surface area (Å²) in [4.78, 5) is 27.5. The van der Waals surface area contributed by atoms with Crippen LogP contribution in [0.4, 0.5) is 22.7 Å². The Hall–Kier alpha value is -5.53. The Morgan fingerprint density at radius 2 is 0.851 bits per heavy atom. The fraction of sp³-hybridized carbons (Fsp3) is 0.105. The molecule has 8 nitrogen and oxygen atoms in total. The van der Waals surface area contributed by atoms with E-state index in [-0.39, 0.29) is 28.0 Å². The average Bonchev–Trinajstić information content (AvgIpc) is 3.04. The van der Waals surface area contributed by atoms with E-state index >= 15 is 0 Å². The van der Waals surface area contributed by atoms with Gasteiger partial charge < -0.3 is 30.6 Å². The topological polar surface area (TPSA) is 111 Å². The van der Waals surface area contributed by atoms with Crippen molar-refractivity contribution in [1.29, 1.82) is 0 Å². The molecule has 0 atom stereocenters. The number of para-hydroxylation sites is 2. The van der Waals surface area contributed by atoms with Gasteiger partial charge in [-0.05, 0) is 71.8 Å². The van der Waals surface area contributed by atoms with Crippen LogP contribution in [-0.4, -0.2) is 40.0 Å². The fourth-order valence-corrected chi connectivity index (χ4v) is 3.88. The van der Waals surface area contributed by atoms with Gasteiger partial charge in [0.25, 0.3) is 0 Å². The second-order valence-corrected chi connectivity index (χ2v) is 10.4. The average molecular weight is 673 g/mol. The molecular formula is C38H38N4NiO4. The van der Waals surface area contributed by atoms with Crippen molar-refractivity contribution in [2.24, 2.45) is 0 Å². The summed E-state index contributed by atoms with van der Waals surface area (Å²) < 4.78 is 0. The fourth-order valence-electron chi connectivity index (χ4n) is 3.88. The van der Waals surface area contributed by atoms with Crippen molar-refractivity contribution in [3.05, 3.63) is 156 Å². The molecule has 0 aliphatic carbocycles. The SMILES string of the molecule is CN(C)c1ccc(/C=C/C([O-])=C/C(=O)Nc2ccccc2)cc1.CN(C)c1ccc(/C=C/C([O-])=C/C(=O)Nc2ccccc2)cc1.[Ni+2]. The Morgan fingerprint density at radius 3 is 1.15 bits per heavy atom. The largest absolute Gasteiger partial charge is 2.00 e. The summed E-state index contributed by atoms with van der Waals surface area (Å²) in [5, 5.41) is 28.8. The molecule has 0 unspecified atom stereocenters. The molecule has 4 aromatic rings. The third-order valence-electron chi connectivity index (χ3n) is 6.33. The van der Waals surface area contributed by atoms with Crippen LogP contribution >= 0.6 is 0 Å². The minimum atomic E-state index is -0.436. The number of anilines is 4. The molecule has 0 aliphatic heterocycles. The van der Waals surface area contributed by atoms with E-state index in [4.69, 9.17) is 0 Å². The molecule has 0 saturated heterocycles. The van der Waals surface area contributed by atoms with Crippen LogP contribution in [0.3, 0.4) is 0 Å². The molecule has 244 valence electrons. The molecule has 4 aromatic carbocycles. The number of amides is 2. The van der Waals surface area contributed by atoms with Crippen molar-refractivity contribution >= 4 is 46.7 Å². The second kappa shape index (κ2) is 19.8. The molecule has 0 aliphatic rings. The van der Waals surface area contributed by atoms with E-state index in [1.54, 1.807) is 36.4 Å². The number of benzene rings is 4. The van der Waals surface area contributed by atoms with Crippen LogP contribution in [0.15, 0.2) is 145 Å². The Kier molecular flexibility index (Phi) is 15.8. The van der Waals surface area contributed by atoms with Crippen molar-refractivity contribution in [2.45, 2.75) is 0 Å². The molecular weight excluding hydrogens is 635 g/mol. The number of nitrogens with zero attached hydrogens (tertiary/aromatic N) is 2. The maximum Gasteiger partial charge on any atom is 2.00 e. The molecule has 0 bridgehead atoms. The van der Waals surface area contributed by atoms with Gasteiger partial charge in [-0.25, -0.2) is 0 Å². The number of allylic oxidation sites excluding steroid dienone is 2. The van der Waals surface area contributed by atoms with E-state index < -0.39 is 11.8 Å². The zero-order valence-corrected chi connectivity index (χ0v) is 27.7. The van der Waals surface area contributed by atoms with Crippen molar-refractivity contribution in [3.8, 4) is 0 Å². The molecule has 0 radical (unpaired) electrons. The predicted octanol–water partition coefficient (Wildman–Crippen LogP) is 5.29. The molecule has 9 heteroatoms. The first-order valence-corrected chi connectivity index (χ1v) is 14.5. The first kappa shape index (κ1) is 37.7. The van der Waals surface area contributed by atoms with Crippen molar-refractivity contribution in [2.75, 3.05) is 48.6 Å². The summed E-state index contributed by atoms with van der Waals surface area (Å²) in [5.74, 6) is -1.58. The Balaban J connectivity index is 0.000000320. The van der Waals surface area contributed by atoms with Gasteiger partial charge in [-0.3, -0.25) is 9.59 Å². The predicted molar refractivity (Wildman–Crippen MR) is 186 cm³/mol. The van der Waals surface area contributed by atoms with Crippen LogP contribution in [0.2, 0.25) is 0 Å². The van der Waals surface area contributed by atoms with Gasteiger partial charge in [0.15, 0.2) is 0 Å². The van der Waals surface area contributed by atoms with Gasteiger partial charge in [0.05, 0.1) is 0 Å². The van der Waals surface area contributed by atoms with Gasteiger partial charge in [-0.1, -0.05) is 85.0 Å². The molecule has 2 amide bonds. The summed E-state index contributed by atoms with van der Waals surface area (Å²) in [7, 11) is 7.87. The quantitative estimate of drug-likeness (QED) is 0.102. The summed E-state index contributed by atoms with van der Waals surface area (Å²) in [5.41, 5.74) is 5.29. The van der Waals surface area contributed by atoms with Crippen LogP contribution in [0.1, 0.15) is 11.1 Å². The molecule has 47 heavy (non-hydrogen) atoms. The standard InChI is InChI=1S/2C19H20N2O2.Ni/c2*1-21(2)17-11-8-15(9-12-17)10-13-18(22)14-19(23)20-16-6-4-3-5-7-16;/h2*3-14,22H,1-2H3,(H,20,23);/q;;+2/p-2/b2*13-10+,18-14-;. The molecule has 0 fully saturated rings. The van der Waals surface area contributed by atoms with Crippen molar-refractivity contribution < 1.29 is 36.3 Å². The van der Waals surface area contributed by atoms with Gasteiger partial charge in [-0.15, -0.1) is 11.5 Å². The van der Waals surface area contributed by atoms with Crippen molar-refractivity contribution in [1.82, 2.24) is 0 Å². The Morgan fingerprint density at radius 1 is 0.532 bits per heavy atom. The maximum atomic E-state index is 11.8. The van der Waals surface area contributed by atoms with Gasteiger partial charge in [0, 0.05) is 50.9 Å². The first-order chi connectivity index (χ1) is 22.1. The molecule has 0 spiro atoms. The zero-order chi connectivity index (χ0) is 33.3. The van der Waals surface area contributed by atoms with Crippen molar-refractivity contribution in [3.63, 3.8) is 0 Å². The monoisotopic (exact) mass is 672 g/mol. The van der Waals surface area contributed by atoms with Gasteiger partial charge in [0.1, 0.15) is 0 Å². The number of carbonyl (C=O) groups is 2. The van der Waals surface area contributed by atoms with E-state index in [0.29, 0.717) is 11.4 Å². The Bertz CT molecular complexity index is 1540. The zero-order valence-electron chi connectivity index (χ0n) is 26.7. The molecule has 0 saturated carbocycles. The summed E-state index contributed by atoms with van der Waals surface area (Å²) in [6.45, 7) is 0. The Labute approximate surface area is 287 Å². The maximum absolute atomic E-state index is 11.8. The molecule has 0 heterocycles. The van der Waals surface area contributed by atoms with Gasteiger partial charge in [-0.2, -0.15) is 0 Å². The second-order valence-electron chi connectivity index (χ2n) is 10.4. The van der Waals surface area contributed by atoms with E-state index in [1.807, 2.05) is 123 Å². The number of nitrogens with one attached hydrogen (secondary N) is 2. The third kappa shape index (κ3) is 14.4. The van der Waals surface area contributed by atoms with E-state index in [9.17, 15) is 19.8 Å². The minimum Gasteiger partial charge on any atom is -0.872 e. The summed E-state index contributed by atoms with van der Waals surface area (Å²) in [6, 6.07) is 33.6. The molecule has 2 N–H and O–H groups in total. The number of hydrogen-bond donors (Lipinski definition) is 2. The number of carbonyl (C=O) groups excluding carboxylic acids is 2. The van der Waals surface area contributed by atoms with Crippen LogP contribution in [-0.2, 0) is 26.1 Å². The van der Waals surface area contributed by atoms with Gasteiger partial charge >= 0.3 is 16.5 Å². The van der Waals surface area contributed by atoms with Crippen LogP contribution in [0.25, 0.3) is 12.2 Å². The van der Waals surface area contributed by atoms with Gasteiger partial charge in [0.2, 0.25) is 11.8 Å². The summed E-state index contributed by atoms with van der Waals surface area (Å²) >= 11 is 0. The van der Waals surface area contributed by atoms with Crippen LogP contribution in [0, 0.1) is 0 Å². The first-order valence-electron chi connectivity index (χ1n) is 14.5. The number of hydrogen-bond acceptors (Lipinski definition) is 6. The smallest absolute Gasteiger partial charge is 0.872 e. The normalized spacial score (nSPS) is 11.2. The van der Waals surface area contributed by atoms with Crippen LogP contribution < -0.4 is 30.6 Å². The molecule has 4 rings (SSSR count). The van der Waals surface area contributed by atoms with E-state index in [2.05, 4.69) is 10.6 Å². The van der Waals surface area contributed by atoms with E-state index in [1.165, 1.54) is 12.2 Å². The number of rotatable bonds is 10. The summed E-state index contributed by atoms with van der Waals surface area (Å²) in [6.07, 6.45) is 8.22.